The SMILES string of the molecule is CCC(CCC(C)C)(C(=O)Cl)C(=O)Cl. The van der Waals surface area contributed by atoms with E-state index in [9.17, 15) is 9.59 Å². The van der Waals surface area contributed by atoms with Gasteiger partial charge >= 0.3 is 0 Å². The van der Waals surface area contributed by atoms with Gasteiger partial charge in [-0.05, 0) is 48.4 Å². The monoisotopic (exact) mass is 238 g/mol. The number of carbonyl (C=O) groups excluding carboxylic acids is 2. The molecule has 0 aromatic rings. The maximum Gasteiger partial charge on any atom is 0.236 e. The van der Waals surface area contributed by atoms with Gasteiger partial charge in [0.15, 0.2) is 0 Å². The molecule has 0 saturated heterocycles. The zero-order valence-corrected chi connectivity index (χ0v) is 10.3. The van der Waals surface area contributed by atoms with E-state index >= 15 is 0 Å². The Kier molecular flexibility index (Phi) is 5.68. The van der Waals surface area contributed by atoms with E-state index in [1.54, 1.807) is 6.92 Å². The average Bonchev–Trinajstić information content (AvgIpc) is 2.04. The lowest BCUT2D eigenvalue weighted by atomic mass is 9.81. The minimum absolute atomic E-state index is 0.365. The molecule has 0 aliphatic heterocycles. The van der Waals surface area contributed by atoms with E-state index in [0.29, 0.717) is 18.8 Å². The zero-order valence-electron chi connectivity index (χ0n) is 8.77. The third kappa shape index (κ3) is 3.25. The van der Waals surface area contributed by atoms with Gasteiger partial charge in [0.2, 0.25) is 10.5 Å². The summed E-state index contributed by atoms with van der Waals surface area (Å²) in [5.74, 6) is 0.424. The van der Waals surface area contributed by atoms with Crippen molar-refractivity contribution < 1.29 is 9.59 Å². The molecule has 0 aromatic heterocycles. The second kappa shape index (κ2) is 5.72. The van der Waals surface area contributed by atoms with Crippen LogP contribution in [0.5, 0.6) is 0 Å². The fourth-order valence-electron chi connectivity index (χ4n) is 1.26. The normalized spacial score (nSPS) is 11.9. The Morgan fingerprint density at radius 2 is 1.64 bits per heavy atom. The molecule has 0 atom stereocenters. The summed E-state index contributed by atoms with van der Waals surface area (Å²) in [6.45, 7) is 5.80. The standard InChI is InChI=1S/C10H16Cl2O2/c1-4-10(8(11)13,9(12)14)6-5-7(2)3/h7H,4-6H2,1-3H3. The number of halogens is 2. The van der Waals surface area contributed by atoms with E-state index in [1.165, 1.54) is 0 Å². The highest BCUT2D eigenvalue weighted by molar-refractivity contribution is 6.74. The van der Waals surface area contributed by atoms with E-state index in [1.807, 2.05) is 13.8 Å². The number of hydrogen-bond acceptors (Lipinski definition) is 2. The molecule has 0 aliphatic rings. The topological polar surface area (TPSA) is 34.1 Å². The van der Waals surface area contributed by atoms with Gasteiger partial charge in [-0.15, -0.1) is 0 Å². The number of hydrogen-bond donors (Lipinski definition) is 0. The van der Waals surface area contributed by atoms with Crippen molar-refractivity contribution in [2.45, 2.75) is 40.0 Å². The van der Waals surface area contributed by atoms with Gasteiger partial charge in [-0.2, -0.15) is 0 Å². The zero-order chi connectivity index (χ0) is 11.4. The van der Waals surface area contributed by atoms with Gasteiger partial charge in [0.25, 0.3) is 0 Å². The molecule has 0 rings (SSSR count). The highest BCUT2D eigenvalue weighted by atomic mass is 35.5. The van der Waals surface area contributed by atoms with Gasteiger partial charge in [0, 0.05) is 0 Å². The van der Waals surface area contributed by atoms with Crippen molar-refractivity contribution in [1.29, 1.82) is 0 Å². The van der Waals surface area contributed by atoms with Gasteiger partial charge in [-0.1, -0.05) is 20.8 Å². The smallest absolute Gasteiger partial charge is 0.236 e. The van der Waals surface area contributed by atoms with E-state index in [2.05, 4.69) is 0 Å². The van der Waals surface area contributed by atoms with Gasteiger partial charge in [0.05, 0.1) is 0 Å². The minimum Gasteiger partial charge on any atom is -0.280 e. The first-order chi connectivity index (χ1) is 6.36. The van der Waals surface area contributed by atoms with Crippen molar-refractivity contribution in [3.8, 4) is 0 Å². The second-order valence-electron chi connectivity index (χ2n) is 3.92. The molecule has 0 spiro atoms. The summed E-state index contributed by atoms with van der Waals surface area (Å²) in [5.41, 5.74) is -1.17. The Balaban J connectivity index is 4.69. The van der Waals surface area contributed by atoms with Crippen LogP contribution in [0.15, 0.2) is 0 Å². The summed E-state index contributed by atoms with van der Waals surface area (Å²) in [7, 11) is 0. The second-order valence-corrected chi connectivity index (χ2v) is 4.60. The Morgan fingerprint density at radius 1 is 1.21 bits per heavy atom. The fraction of sp³-hybridized carbons (Fsp3) is 0.800. The van der Waals surface area contributed by atoms with Gasteiger partial charge in [-0.3, -0.25) is 9.59 Å². The number of rotatable bonds is 6. The minimum atomic E-state index is -1.17. The lowest BCUT2D eigenvalue weighted by Crippen LogP contribution is -2.33. The average molecular weight is 239 g/mol. The molecule has 2 nitrogen and oxygen atoms in total. The lowest BCUT2D eigenvalue weighted by Gasteiger charge is -2.24. The van der Waals surface area contributed by atoms with Crippen LogP contribution in [0, 0.1) is 11.3 Å². The largest absolute Gasteiger partial charge is 0.280 e. The predicted octanol–water partition coefficient (Wildman–Crippen LogP) is 3.35. The lowest BCUT2D eigenvalue weighted by molar-refractivity contribution is -0.132. The molecule has 0 bridgehead atoms. The third-order valence-corrected chi connectivity index (χ3v) is 3.23. The molecule has 0 unspecified atom stereocenters. The molecule has 0 fully saturated rings. The Hall–Kier alpha value is -0.0800. The molecule has 14 heavy (non-hydrogen) atoms. The van der Waals surface area contributed by atoms with Crippen molar-refractivity contribution in [2.75, 3.05) is 0 Å². The maximum absolute atomic E-state index is 11.2. The van der Waals surface area contributed by atoms with E-state index in [0.717, 1.165) is 6.42 Å². The fourth-order valence-corrected chi connectivity index (χ4v) is 1.94. The van der Waals surface area contributed by atoms with Gasteiger partial charge in [0.1, 0.15) is 5.41 Å². The Bertz CT molecular complexity index is 210. The molecular weight excluding hydrogens is 223 g/mol. The molecule has 0 aromatic carbocycles. The van der Waals surface area contributed by atoms with Crippen LogP contribution in [0.25, 0.3) is 0 Å². The molecule has 0 aliphatic carbocycles. The van der Waals surface area contributed by atoms with E-state index in [4.69, 9.17) is 23.2 Å². The highest BCUT2D eigenvalue weighted by Crippen LogP contribution is 2.34. The highest BCUT2D eigenvalue weighted by Gasteiger charge is 2.41. The molecule has 4 heteroatoms. The first-order valence-corrected chi connectivity index (χ1v) is 5.52. The van der Waals surface area contributed by atoms with Gasteiger partial charge < -0.3 is 0 Å². The molecular formula is C10H16Cl2O2. The summed E-state index contributed by atoms with van der Waals surface area (Å²) < 4.78 is 0. The summed E-state index contributed by atoms with van der Waals surface area (Å²) in [4.78, 5) is 22.4. The van der Waals surface area contributed by atoms with Crippen molar-refractivity contribution >= 4 is 33.7 Å². The third-order valence-electron chi connectivity index (χ3n) is 2.50. The molecule has 0 amide bonds. The maximum atomic E-state index is 11.2. The Labute approximate surface area is 95.0 Å². The van der Waals surface area contributed by atoms with Crippen molar-refractivity contribution in [1.82, 2.24) is 0 Å². The van der Waals surface area contributed by atoms with Gasteiger partial charge in [-0.25, -0.2) is 0 Å². The summed E-state index contributed by atoms with van der Waals surface area (Å²) >= 11 is 10.9. The summed E-state index contributed by atoms with van der Waals surface area (Å²) in [5, 5.41) is -1.28. The first kappa shape index (κ1) is 13.9. The van der Waals surface area contributed by atoms with Crippen LogP contribution >= 0.6 is 23.2 Å². The van der Waals surface area contributed by atoms with Crippen molar-refractivity contribution in [3.63, 3.8) is 0 Å². The summed E-state index contributed by atoms with van der Waals surface area (Å²) in [6.07, 6.45) is 1.57. The van der Waals surface area contributed by atoms with Crippen molar-refractivity contribution in [2.24, 2.45) is 11.3 Å². The quantitative estimate of drug-likeness (QED) is 0.526. The van der Waals surface area contributed by atoms with Crippen LogP contribution in [0.1, 0.15) is 40.0 Å². The molecule has 0 radical (unpaired) electrons. The van der Waals surface area contributed by atoms with Crippen LogP contribution in [0.3, 0.4) is 0 Å². The van der Waals surface area contributed by atoms with E-state index < -0.39 is 15.9 Å². The number of carbonyl (C=O) groups is 2. The molecule has 0 saturated carbocycles. The van der Waals surface area contributed by atoms with Crippen LogP contribution in [0.2, 0.25) is 0 Å². The van der Waals surface area contributed by atoms with Crippen LogP contribution in [-0.4, -0.2) is 10.5 Å². The molecule has 0 N–H and O–H groups in total. The van der Waals surface area contributed by atoms with Crippen LogP contribution in [-0.2, 0) is 9.59 Å². The molecule has 0 heterocycles. The Morgan fingerprint density at radius 3 is 1.86 bits per heavy atom. The summed E-state index contributed by atoms with van der Waals surface area (Å²) in [6, 6.07) is 0. The molecule has 82 valence electrons. The van der Waals surface area contributed by atoms with Crippen molar-refractivity contribution in [3.05, 3.63) is 0 Å². The predicted molar refractivity (Wildman–Crippen MR) is 58.5 cm³/mol. The van der Waals surface area contributed by atoms with E-state index in [-0.39, 0.29) is 0 Å². The van der Waals surface area contributed by atoms with Crippen LogP contribution < -0.4 is 0 Å². The van der Waals surface area contributed by atoms with Crippen LogP contribution in [0.4, 0.5) is 0 Å². The first-order valence-electron chi connectivity index (χ1n) is 4.76.